The van der Waals surface area contributed by atoms with Crippen LogP contribution in [-0.2, 0) is 59.5 Å². The lowest BCUT2D eigenvalue weighted by molar-refractivity contribution is -0.156. The zero-order chi connectivity index (χ0) is 49.2. The largest absolute Gasteiger partial charge is 0.487 e. The van der Waals surface area contributed by atoms with Gasteiger partial charge in [0, 0.05) is 18.5 Å². The van der Waals surface area contributed by atoms with Crippen molar-refractivity contribution in [3.8, 4) is 5.75 Å². The fourth-order valence-electron chi connectivity index (χ4n) is 6.42. The first-order valence-corrected chi connectivity index (χ1v) is 21.8. The molecule has 24 heteroatoms. The molecule has 0 spiro atoms. The third-order valence-electron chi connectivity index (χ3n) is 9.70. The van der Waals surface area contributed by atoms with Gasteiger partial charge in [0.2, 0.25) is 35.5 Å². The summed E-state index contributed by atoms with van der Waals surface area (Å²) in [7, 11) is -4.26. The summed E-state index contributed by atoms with van der Waals surface area (Å²) in [5.41, 5.74) is 12.5. The first-order chi connectivity index (χ1) is 29.3. The fourth-order valence-corrected chi connectivity index (χ4v) is 7.95. The Hall–Kier alpha value is -6.04. The minimum absolute atomic E-state index is 0.0205. The number of nitrogens with zero attached hydrogens (tertiary/aromatic N) is 1. The molecule has 64 heavy (non-hydrogen) atoms. The highest BCUT2D eigenvalue weighted by Gasteiger charge is 2.37. The smallest absolute Gasteiger partial charge is 0.326 e. The van der Waals surface area contributed by atoms with Crippen LogP contribution in [-0.4, -0.2) is 126 Å². The average Bonchev–Trinajstić information content (AvgIpc) is 3.48. The molecule has 6 atom stereocenters. The number of rotatable bonds is 21. The Bertz CT molecular complexity index is 2130. The van der Waals surface area contributed by atoms with E-state index in [9.17, 15) is 51.9 Å². The maximum absolute atomic E-state index is 13.6. The van der Waals surface area contributed by atoms with E-state index in [2.05, 4.69) is 31.0 Å². The molecule has 12 N–H and O–H groups in total. The molecule has 5 amide bonds. The number of guanidine groups is 1. The minimum Gasteiger partial charge on any atom is -0.487 e. The average molecular weight is 926 g/mol. The Labute approximate surface area is 372 Å². The van der Waals surface area contributed by atoms with Gasteiger partial charge in [-0.1, -0.05) is 0 Å². The summed E-state index contributed by atoms with van der Waals surface area (Å²) in [5, 5.41) is 29.9. The molecule has 1 aliphatic heterocycles. The summed E-state index contributed by atoms with van der Waals surface area (Å²) in [5.74, 6) is -8.61. The quantitative estimate of drug-likeness (QED) is 0.0300. The number of esters is 1. The number of ether oxygens (including phenoxy) is 2. The Morgan fingerprint density at radius 1 is 0.781 bits per heavy atom. The number of benzene rings is 1. The lowest BCUT2D eigenvalue weighted by Gasteiger charge is -2.25. The van der Waals surface area contributed by atoms with Gasteiger partial charge in [0.25, 0.3) is 10.0 Å². The first-order valence-electron chi connectivity index (χ1n) is 20.3. The van der Waals surface area contributed by atoms with Gasteiger partial charge in [-0.05, 0) is 106 Å². The van der Waals surface area contributed by atoms with E-state index < -0.39 is 124 Å². The van der Waals surface area contributed by atoms with E-state index in [0.717, 1.165) is 5.56 Å². The second kappa shape index (κ2) is 22.0. The lowest BCUT2D eigenvalue weighted by atomic mass is 9.94. The van der Waals surface area contributed by atoms with Crippen molar-refractivity contribution in [3.63, 3.8) is 0 Å². The van der Waals surface area contributed by atoms with Gasteiger partial charge in [-0.2, -0.15) is 0 Å². The van der Waals surface area contributed by atoms with E-state index in [-0.39, 0.29) is 24.3 Å². The molecule has 0 aromatic heterocycles. The van der Waals surface area contributed by atoms with Crippen molar-refractivity contribution in [3.05, 3.63) is 22.3 Å². The van der Waals surface area contributed by atoms with Crippen molar-refractivity contribution in [1.29, 1.82) is 0 Å². The monoisotopic (exact) mass is 925 g/mol. The summed E-state index contributed by atoms with van der Waals surface area (Å²) < 4.78 is 40.9. The predicted molar refractivity (Wildman–Crippen MR) is 230 cm³/mol. The number of sulfonamides is 1. The SMILES string of the molecule is Cc1c(C)c(S(=O)(=O)NC(N)=NCCC[C@H](NC(=O)[C@H](C)NC(=O)[C@H](CC(=O)OC(C)(C)C)NC(=O)[C@H](C)N)C(=O)N[C@@H](C)C(=O)N[C@@H](CC(=O)O)C(=O)O)c(C)c2c1OC(C)(C)C2. The molecule has 0 bridgehead atoms. The highest BCUT2D eigenvalue weighted by molar-refractivity contribution is 7.90. The molecule has 0 fully saturated rings. The van der Waals surface area contributed by atoms with Crippen LogP contribution in [0, 0.1) is 20.8 Å². The summed E-state index contributed by atoms with van der Waals surface area (Å²) in [6.45, 7) is 17.2. The summed E-state index contributed by atoms with van der Waals surface area (Å²) >= 11 is 0. The highest BCUT2D eigenvalue weighted by Crippen LogP contribution is 2.43. The molecule has 1 aromatic rings. The van der Waals surface area contributed by atoms with Crippen LogP contribution in [0.4, 0.5) is 0 Å². The number of aliphatic carboxylic acids is 2. The van der Waals surface area contributed by atoms with E-state index in [0.29, 0.717) is 28.9 Å². The highest BCUT2D eigenvalue weighted by atomic mass is 32.2. The number of nitrogens with two attached hydrogens (primary N) is 2. The number of hydrogen-bond donors (Lipinski definition) is 10. The summed E-state index contributed by atoms with van der Waals surface area (Å²) in [4.78, 5) is 105. The lowest BCUT2D eigenvalue weighted by Crippen LogP contribution is -2.58. The standard InChI is InChI=1S/C40H63N9O14S/c1-18-19(2)31(20(3)24-17-40(10,11)63-30(18)24)64(60,61)49-38(42)43-14-12-13-25(35(56)44-23(6)34(55)48-27(37(58)59)15-28(50)51)46-33(54)22(5)45-36(57)26(47-32(53)21(4)41)16-29(52)62-39(7,8)9/h21-23,25-27H,12-17,41H2,1-11H3,(H,44,56)(H,45,57)(H,46,54)(H,47,53)(H,48,55)(H,50,51)(H,58,59)(H3,42,43,49)/t21-,22-,23-,25-,26-,27-/m0/s1. The van der Waals surface area contributed by atoms with E-state index in [4.69, 9.17) is 26.0 Å². The van der Waals surface area contributed by atoms with E-state index in [1.807, 2.05) is 19.2 Å². The number of amides is 5. The zero-order valence-electron chi connectivity index (χ0n) is 38.0. The molecule has 1 heterocycles. The Balaban J connectivity index is 2.31. The normalized spacial score (nSPS) is 16.2. The van der Waals surface area contributed by atoms with Gasteiger partial charge >= 0.3 is 17.9 Å². The van der Waals surface area contributed by atoms with Crippen molar-refractivity contribution in [1.82, 2.24) is 31.3 Å². The third kappa shape index (κ3) is 15.9. The zero-order valence-corrected chi connectivity index (χ0v) is 38.8. The van der Waals surface area contributed by atoms with Crippen molar-refractivity contribution < 1.29 is 66.5 Å². The number of carbonyl (C=O) groups is 8. The van der Waals surface area contributed by atoms with Crippen LogP contribution in [0.1, 0.15) is 103 Å². The molecule has 358 valence electrons. The number of nitrogens with one attached hydrogen (secondary N) is 6. The second-order valence-electron chi connectivity index (χ2n) is 17.2. The number of aliphatic imine (C=N–C) groups is 1. The molecule has 2 rings (SSSR count). The van der Waals surface area contributed by atoms with Crippen molar-refractivity contribution in [2.75, 3.05) is 6.54 Å². The molecule has 0 aliphatic carbocycles. The van der Waals surface area contributed by atoms with Crippen LogP contribution in [0.5, 0.6) is 5.75 Å². The second-order valence-corrected chi connectivity index (χ2v) is 18.8. The van der Waals surface area contributed by atoms with Crippen LogP contribution in [0.3, 0.4) is 0 Å². The minimum atomic E-state index is -4.26. The molecule has 0 radical (unpaired) electrons. The van der Waals surface area contributed by atoms with Gasteiger partial charge in [0.05, 0.1) is 23.8 Å². The first kappa shape index (κ1) is 54.1. The van der Waals surface area contributed by atoms with Crippen molar-refractivity contribution in [2.45, 2.75) is 161 Å². The predicted octanol–water partition coefficient (Wildman–Crippen LogP) is -1.20. The van der Waals surface area contributed by atoms with Gasteiger partial charge in [0.1, 0.15) is 47.2 Å². The summed E-state index contributed by atoms with van der Waals surface area (Å²) in [6, 6.07) is -8.79. The Kier molecular flexibility index (Phi) is 18.6. The fraction of sp³-hybridized carbons (Fsp3) is 0.625. The van der Waals surface area contributed by atoms with Gasteiger partial charge in [-0.3, -0.25) is 38.6 Å². The number of fused-ring (bicyclic) bond motifs is 1. The number of hydrogen-bond acceptors (Lipinski definition) is 14. The molecule has 0 unspecified atom stereocenters. The van der Waals surface area contributed by atoms with Crippen LogP contribution in [0.15, 0.2) is 9.89 Å². The molecular formula is C40H63N9O14S. The number of carbonyl (C=O) groups excluding carboxylic acids is 6. The Morgan fingerprint density at radius 3 is 1.80 bits per heavy atom. The topological polar surface area (TPSA) is 366 Å². The third-order valence-corrected chi connectivity index (χ3v) is 11.3. The molecule has 0 saturated heterocycles. The Morgan fingerprint density at radius 2 is 1.30 bits per heavy atom. The van der Waals surface area contributed by atoms with Gasteiger partial charge in [-0.25, -0.2) is 17.9 Å². The molecule has 23 nitrogen and oxygen atoms in total. The van der Waals surface area contributed by atoms with Gasteiger partial charge < -0.3 is 57.7 Å². The van der Waals surface area contributed by atoms with E-state index >= 15 is 0 Å². The van der Waals surface area contributed by atoms with Crippen molar-refractivity contribution >= 4 is 63.4 Å². The van der Waals surface area contributed by atoms with Gasteiger partial charge in [-0.15, -0.1) is 0 Å². The molecule has 1 aliphatic rings. The van der Waals surface area contributed by atoms with Crippen LogP contribution < -0.4 is 47.5 Å². The number of carboxylic acids is 2. The van der Waals surface area contributed by atoms with Crippen LogP contribution in [0.2, 0.25) is 0 Å². The molecular weight excluding hydrogens is 863 g/mol. The maximum Gasteiger partial charge on any atom is 0.326 e. The van der Waals surface area contributed by atoms with E-state index in [1.54, 1.807) is 41.5 Å². The number of carboxylic acid groups (broad SMARTS) is 2. The van der Waals surface area contributed by atoms with Crippen molar-refractivity contribution in [2.24, 2.45) is 16.5 Å². The summed E-state index contributed by atoms with van der Waals surface area (Å²) in [6.07, 6.45) is -1.37. The molecule has 0 saturated carbocycles. The van der Waals surface area contributed by atoms with Crippen LogP contribution in [0.25, 0.3) is 0 Å². The molecule has 1 aromatic carbocycles. The van der Waals surface area contributed by atoms with E-state index in [1.165, 1.54) is 20.8 Å². The van der Waals surface area contributed by atoms with Crippen LogP contribution >= 0.6 is 0 Å². The van der Waals surface area contributed by atoms with Gasteiger partial charge in [0.15, 0.2) is 0 Å². The maximum atomic E-state index is 13.6.